The van der Waals surface area contributed by atoms with Crippen LogP contribution in [0.1, 0.15) is 5.56 Å². The average molecular weight is 445 g/mol. The van der Waals surface area contributed by atoms with E-state index in [2.05, 4.69) is 22.9 Å². The van der Waals surface area contributed by atoms with Crippen LogP contribution in [-0.2, 0) is 18.9 Å². The predicted octanol–water partition coefficient (Wildman–Crippen LogP) is 2.38. The van der Waals surface area contributed by atoms with Gasteiger partial charge in [-0.05, 0) is 24.6 Å². The Bertz CT molecular complexity index is 1020. The van der Waals surface area contributed by atoms with Crippen molar-refractivity contribution in [2.24, 2.45) is 0 Å². The summed E-state index contributed by atoms with van der Waals surface area (Å²) in [5, 5.41) is 4.47. The summed E-state index contributed by atoms with van der Waals surface area (Å²) in [6.45, 7) is 7.38. The van der Waals surface area contributed by atoms with E-state index in [0.29, 0.717) is 39.6 Å². The van der Waals surface area contributed by atoms with Gasteiger partial charge < -0.3 is 28.7 Å². The van der Waals surface area contributed by atoms with E-state index in [1.807, 2.05) is 24.3 Å². The van der Waals surface area contributed by atoms with Gasteiger partial charge in [0.05, 0.1) is 25.9 Å². The van der Waals surface area contributed by atoms with Gasteiger partial charge in [-0.2, -0.15) is 0 Å². The number of nitrogens with zero attached hydrogens (tertiary/aromatic N) is 2. The molecule has 0 unspecified atom stereocenters. The molecule has 174 valence electrons. The minimum Gasteiger partial charge on any atom is -0.452 e. The Labute approximate surface area is 189 Å². The van der Waals surface area contributed by atoms with Gasteiger partial charge in [0.15, 0.2) is 24.4 Å². The van der Waals surface area contributed by atoms with Crippen molar-refractivity contribution in [3.63, 3.8) is 0 Å². The van der Waals surface area contributed by atoms with Crippen LogP contribution in [0.3, 0.4) is 0 Å². The maximum atomic E-state index is 6.26. The summed E-state index contributed by atoms with van der Waals surface area (Å²) in [4.78, 5) is 4.81. The first-order valence-corrected chi connectivity index (χ1v) is 10.9. The maximum Gasteiger partial charge on any atom is 0.203 e. The number of benzene rings is 2. The van der Waals surface area contributed by atoms with Crippen molar-refractivity contribution in [3.05, 3.63) is 41.3 Å². The fraction of sp³-hybridized carbons (Fsp3) is 0.500. The molecule has 32 heavy (non-hydrogen) atoms. The quantitative estimate of drug-likeness (QED) is 0.246. The third-order valence-electron chi connectivity index (χ3n) is 5.20. The number of aromatic nitrogens is 1. The first kappa shape index (κ1) is 24.1. The van der Waals surface area contributed by atoms with Gasteiger partial charge in [0.25, 0.3) is 0 Å². The molecule has 8 heteroatoms. The zero-order valence-corrected chi connectivity index (χ0v) is 19.5. The van der Waals surface area contributed by atoms with E-state index in [0.717, 1.165) is 52.3 Å². The molecule has 0 saturated heterocycles. The number of methoxy groups -OCH3 is 3. The lowest BCUT2D eigenvalue weighted by molar-refractivity contribution is 0.0759. The van der Waals surface area contributed by atoms with Gasteiger partial charge in [-0.1, -0.05) is 0 Å². The minimum atomic E-state index is 0.592. The topological polar surface area (TPSA) is 78.0 Å². The number of hydrogen-bond acceptors (Lipinski definition) is 7. The first-order valence-electron chi connectivity index (χ1n) is 10.9. The maximum absolute atomic E-state index is 6.26. The average Bonchev–Trinajstić information content (AvgIpc) is 2.80. The van der Waals surface area contributed by atoms with Gasteiger partial charge >= 0.3 is 0 Å². The number of nitrogens with one attached hydrogen (secondary N) is 1. The van der Waals surface area contributed by atoms with Crippen molar-refractivity contribution in [2.75, 3.05) is 79.3 Å². The minimum absolute atomic E-state index is 0.592. The molecule has 0 amide bonds. The zero-order valence-electron chi connectivity index (χ0n) is 19.5. The molecule has 0 aromatic heterocycles. The molecule has 0 bridgehead atoms. The summed E-state index contributed by atoms with van der Waals surface area (Å²) in [5.41, 5.74) is 4.52. The molecule has 1 N–H and O–H groups in total. The molecule has 0 spiro atoms. The lowest BCUT2D eigenvalue weighted by Crippen LogP contribution is -2.35. The van der Waals surface area contributed by atoms with Crippen LogP contribution in [0, 0.1) is 6.92 Å². The molecular formula is C24H34N3O5+. The highest BCUT2D eigenvalue weighted by Crippen LogP contribution is 2.27. The van der Waals surface area contributed by atoms with Crippen LogP contribution in [-0.4, -0.2) is 79.0 Å². The van der Waals surface area contributed by atoms with Gasteiger partial charge in [-0.25, -0.2) is 9.56 Å². The second-order valence-corrected chi connectivity index (χ2v) is 7.51. The molecule has 1 aromatic carbocycles. The Kier molecular flexibility index (Phi) is 9.43. The summed E-state index contributed by atoms with van der Waals surface area (Å²) < 4.78 is 29.5. The van der Waals surface area contributed by atoms with Crippen LogP contribution >= 0.6 is 0 Å². The Balaban J connectivity index is 1.88. The lowest BCUT2D eigenvalue weighted by atomic mass is 10.1. The van der Waals surface area contributed by atoms with Crippen LogP contribution in [0.15, 0.2) is 34.7 Å². The largest absolute Gasteiger partial charge is 0.452 e. The number of fused-ring (bicyclic) bond motifs is 2. The summed E-state index contributed by atoms with van der Waals surface area (Å²) in [5.74, 6) is 0.743. The lowest BCUT2D eigenvalue weighted by Gasteiger charge is -2.12. The second-order valence-electron chi connectivity index (χ2n) is 7.51. The van der Waals surface area contributed by atoms with E-state index in [-0.39, 0.29) is 0 Å². The van der Waals surface area contributed by atoms with Gasteiger partial charge in [0, 0.05) is 45.7 Å². The van der Waals surface area contributed by atoms with Crippen LogP contribution in [0.2, 0.25) is 0 Å². The van der Waals surface area contributed by atoms with Crippen molar-refractivity contribution >= 4 is 16.8 Å². The van der Waals surface area contributed by atoms with Crippen LogP contribution in [0.4, 0.5) is 5.69 Å². The summed E-state index contributed by atoms with van der Waals surface area (Å²) in [6, 6.07) is 10.1. The highest BCUT2D eigenvalue weighted by Gasteiger charge is 2.14. The van der Waals surface area contributed by atoms with Crippen molar-refractivity contribution in [1.82, 2.24) is 9.56 Å². The Morgan fingerprint density at radius 3 is 2.38 bits per heavy atom. The van der Waals surface area contributed by atoms with E-state index < -0.39 is 0 Å². The molecule has 0 saturated carbocycles. The molecule has 0 radical (unpaired) electrons. The number of anilines is 1. The summed E-state index contributed by atoms with van der Waals surface area (Å²) >= 11 is 0. The van der Waals surface area contributed by atoms with Crippen LogP contribution < -0.4 is 15.2 Å². The molecule has 1 heterocycles. The predicted molar refractivity (Wildman–Crippen MR) is 125 cm³/mol. The van der Waals surface area contributed by atoms with E-state index in [1.54, 1.807) is 21.3 Å². The van der Waals surface area contributed by atoms with Crippen molar-refractivity contribution < 1.29 is 23.4 Å². The van der Waals surface area contributed by atoms with Gasteiger partial charge in [-0.3, -0.25) is 0 Å². The number of hydrogen-bond donors (Lipinski definition) is 1. The standard InChI is InChI=1S/C24H33N3O5/c1-18-15-22-24(17-21(18)25-7-10-31-14-13-30-4)32-23-16-19(5-6-20(23)26-22)27(8-11-28-2)9-12-29-3/h5-6,15-17H,7-14H2,1-4H3/p+1. The fourth-order valence-corrected chi connectivity index (χ4v) is 3.43. The van der Waals surface area contributed by atoms with E-state index in [9.17, 15) is 0 Å². The molecule has 3 rings (SSSR count). The molecule has 8 nitrogen and oxygen atoms in total. The molecular weight excluding hydrogens is 410 g/mol. The number of rotatable bonds is 13. The van der Waals surface area contributed by atoms with Crippen LogP contribution in [0.5, 0.6) is 0 Å². The highest BCUT2D eigenvalue weighted by molar-refractivity contribution is 5.81. The summed E-state index contributed by atoms with van der Waals surface area (Å²) in [6.07, 6.45) is 0. The van der Waals surface area contributed by atoms with Crippen molar-refractivity contribution in [3.8, 4) is 11.5 Å². The third kappa shape index (κ3) is 6.49. The second kappa shape index (κ2) is 12.5. The van der Waals surface area contributed by atoms with Gasteiger partial charge in [0.1, 0.15) is 24.4 Å². The number of aryl methyl sites for hydroxylation is 1. The molecule has 1 aromatic rings. The van der Waals surface area contributed by atoms with Crippen LogP contribution in [0.25, 0.3) is 22.6 Å². The van der Waals surface area contributed by atoms with E-state index in [4.69, 9.17) is 28.3 Å². The fourth-order valence-electron chi connectivity index (χ4n) is 3.43. The zero-order chi connectivity index (χ0) is 22.8. The Morgan fingerprint density at radius 1 is 0.906 bits per heavy atom. The Hall–Kier alpha value is -2.52. The SMILES string of the molecule is COCCOCCNc1cc2oc3cc(=[N+](CCOC)CCOC)ccc-3nc2cc1C. The molecule has 1 aliphatic carbocycles. The number of ether oxygens (including phenoxy) is 4. The first-order chi connectivity index (χ1) is 15.7. The monoisotopic (exact) mass is 444 g/mol. The van der Waals surface area contributed by atoms with E-state index >= 15 is 0 Å². The molecule has 1 aliphatic heterocycles. The Morgan fingerprint density at radius 2 is 1.66 bits per heavy atom. The van der Waals surface area contributed by atoms with E-state index in [1.165, 1.54) is 0 Å². The van der Waals surface area contributed by atoms with Gasteiger partial charge in [0.2, 0.25) is 5.36 Å². The third-order valence-corrected chi connectivity index (χ3v) is 5.20. The smallest absolute Gasteiger partial charge is 0.203 e. The highest BCUT2D eigenvalue weighted by atomic mass is 16.5. The summed E-state index contributed by atoms with van der Waals surface area (Å²) in [7, 11) is 5.08. The van der Waals surface area contributed by atoms with Crippen molar-refractivity contribution in [1.29, 1.82) is 0 Å². The normalized spacial score (nSPS) is 11.4. The van der Waals surface area contributed by atoms with Crippen molar-refractivity contribution in [2.45, 2.75) is 6.92 Å². The molecule has 2 aliphatic rings. The molecule has 0 atom stereocenters. The van der Waals surface area contributed by atoms with Gasteiger partial charge in [-0.15, -0.1) is 0 Å². The molecule has 0 fully saturated rings.